The Labute approximate surface area is 111 Å². The molecule has 1 aromatic carbocycles. The first-order chi connectivity index (χ1) is 8.70. The first kappa shape index (κ1) is 13.1. The van der Waals surface area contributed by atoms with E-state index in [1.54, 1.807) is 18.0 Å². The molecule has 3 nitrogen and oxygen atoms in total. The lowest BCUT2D eigenvalue weighted by molar-refractivity contribution is 0.280. The van der Waals surface area contributed by atoms with Gasteiger partial charge >= 0.3 is 0 Å². The van der Waals surface area contributed by atoms with Gasteiger partial charge in [0.2, 0.25) is 0 Å². The molecule has 0 aliphatic carbocycles. The Kier molecular flexibility index (Phi) is 4.33. The highest BCUT2D eigenvalue weighted by molar-refractivity contribution is 7.98. The molecular weight excluding hydrogens is 244 g/mol. The Balaban J connectivity index is 2.07. The highest BCUT2D eigenvalue weighted by Gasteiger charge is 2.04. The van der Waals surface area contributed by atoms with Crippen molar-refractivity contribution in [3.8, 4) is 0 Å². The molecule has 0 fully saturated rings. The molecule has 1 N–H and O–H groups in total. The summed E-state index contributed by atoms with van der Waals surface area (Å²) in [6.45, 7) is 4.00. The van der Waals surface area contributed by atoms with Crippen molar-refractivity contribution >= 4 is 11.8 Å². The summed E-state index contributed by atoms with van der Waals surface area (Å²) in [6, 6.07) is 8.28. The third-order valence-corrected chi connectivity index (χ3v) is 3.92. The summed E-state index contributed by atoms with van der Waals surface area (Å²) in [4.78, 5) is 9.91. The molecule has 0 atom stereocenters. The van der Waals surface area contributed by atoms with E-state index in [9.17, 15) is 0 Å². The second kappa shape index (κ2) is 5.98. The van der Waals surface area contributed by atoms with E-state index in [1.165, 1.54) is 10.5 Å². The fraction of sp³-hybridized carbons (Fsp3) is 0.286. The average Bonchev–Trinajstić information content (AvgIpc) is 2.38. The zero-order valence-electron chi connectivity index (χ0n) is 10.6. The van der Waals surface area contributed by atoms with Crippen molar-refractivity contribution in [2.75, 3.05) is 0 Å². The van der Waals surface area contributed by atoms with Crippen molar-refractivity contribution in [3.05, 3.63) is 53.1 Å². The van der Waals surface area contributed by atoms with Crippen molar-refractivity contribution in [2.24, 2.45) is 0 Å². The van der Waals surface area contributed by atoms with Gasteiger partial charge in [0.15, 0.2) is 0 Å². The third-order valence-electron chi connectivity index (χ3n) is 2.75. The van der Waals surface area contributed by atoms with Crippen molar-refractivity contribution in [2.45, 2.75) is 31.1 Å². The van der Waals surface area contributed by atoms with Crippen LogP contribution in [-0.4, -0.2) is 15.1 Å². The molecule has 4 heteroatoms. The Hall–Kier alpha value is -1.39. The van der Waals surface area contributed by atoms with E-state index < -0.39 is 0 Å². The predicted molar refractivity (Wildman–Crippen MR) is 73.4 cm³/mol. The van der Waals surface area contributed by atoms with Crippen LogP contribution in [0.3, 0.4) is 0 Å². The summed E-state index contributed by atoms with van der Waals surface area (Å²) in [5.41, 5.74) is 2.92. The Bertz CT molecular complexity index is 543. The van der Waals surface area contributed by atoms with E-state index in [-0.39, 0.29) is 6.61 Å². The van der Waals surface area contributed by atoms with Gasteiger partial charge in [0.05, 0.1) is 12.4 Å². The molecule has 18 heavy (non-hydrogen) atoms. The Morgan fingerprint density at radius 2 is 2.00 bits per heavy atom. The van der Waals surface area contributed by atoms with E-state index in [2.05, 4.69) is 29.0 Å². The number of aliphatic hydroxyl groups excluding tert-OH is 1. The fourth-order valence-corrected chi connectivity index (χ4v) is 2.52. The zero-order valence-corrected chi connectivity index (χ0v) is 11.4. The van der Waals surface area contributed by atoms with Gasteiger partial charge in [0, 0.05) is 22.3 Å². The third kappa shape index (κ3) is 3.09. The van der Waals surface area contributed by atoms with Gasteiger partial charge in [0.25, 0.3) is 0 Å². The minimum Gasteiger partial charge on any atom is -0.392 e. The van der Waals surface area contributed by atoms with E-state index in [4.69, 9.17) is 5.11 Å². The van der Waals surface area contributed by atoms with E-state index >= 15 is 0 Å². The second-order valence-corrected chi connectivity index (χ2v) is 5.13. The van der Waals surface area contributed by atoms with Gasteiger partial charge < -0.3 is 5.11 Å². The number of aromatic nitrogens is 2. The van der Waals surface area contributed by atoms with Gasteiger partial charge in [-0.3, -0.25) is 0 Å². The smallest absolute Gasteiger partial charge is 0.138 e. The van der Waals surface area contributed by atoms with Crippen molar-refractivity contribution in [1.82, 2.24) is 9.97 Å². The van der Waals surface area contributed by atoms with Crippen LogP contribution < -0.4 is 0 Å². The maximum atomic E-state index is 9.07. The van der Waals surface area contributed by atoms with Crippen LogP contribution in [0.1, 0.15) is 22.6 Å². The standard InChI is InChI=1S/C14H16N2OS/c1-10-5-3-4-6-13(10)18-9-14-15-7-12(8-17)11(2)16-14/h3-7,17H,8-9H2,1-2H3. The van der Waals surface area contributed by atoms with Crippen molar-refractivity contribution < 1.29 is 5.11 Å². The van der Waals surface area contributed by atoms with Gasteiger partial charge in [-0.2, -0.15) is 0 Å². The summed E-state index contributed by atoms with van der Waals surface area (Å²) in [5.74, 6) is 1.55. The summed E-state index contributed by atoms with van der Waals surface area (Å²) >= 11 is 1.73. The molecule has 0 saturated heterocycles. The summed E-state index contributed by atoms with van der Waals surface area (Å²) in [5, 5.41) is 9.07. The summed E-state index contributed by atoms with van der Waals surface area (Å²) in [7, 11) is 0. The number of nitrogens with zero attached hydrogens (tertiary/aromatic N) is 2. The molecule has 1 heterocycles. The molecule has 0 unspecified atom stereocenters. The molecule has 2 rings (SSSR count). The van der Waals surface area contributed by atoms with Crippen molar-refractivity contribution in [3.63, 3.8) is 0 Å². The molecule has 2 aromatic rings. The lowest BCUT2D eigenvalue weighted by Crippen LogP contribution is -2.00. The number of rotatable bonds is 4. The van der Waals surface area contributed by atoms with Crippen LogP contribution in [-0.2, 0) is 12.4 Å². The highest BCUT2D eigenvalue weighted by atomic mass is 32.2. The van der Waals surface area contributed by atoms with Crippen LogP contribution in [0.5, 0.6) is 0 Å². The second-order valence-electron chi connectivity index (χ2n) is 4.11. The largest absolute Gasteiger partial charge is 0.392 e. The van der Waals surface area contributed by atoms with Gasteiger partial charge in [-0.15, -0.1) is 11.8 Å². The highest BCUT2D eigenvalue weighted by Crippen LogP contribution is 2.24. The minimum absolute atomic E-state index is 0.00293. The normalized spacial score (nSPS) is 10.6. The van der Waals surface area contributed by atoms with Crippen LogP contribution in [0.25, 0.3) is 0 Å². The molecule has 1 aromatic heterocycles. The van der Waals surface area contributed by atoms with E-state index in [0.29, 0.717) is 0 Å². The zero-order chi connectivity index (χ0) is 13.0. The summed E-state index contributed by atoms with van der Waals surface area (Å²) in [6.07, 6.45) is 1.70. The number of benzene rings is 1. The quantitative estimate of drug-likeness (QED) is 0.859. The molecular formula is C14H16N2OS. The topological polar surface area (TPSA) is 46.0 Å². The van der Waals surface area contributed by atoms with Crippen LogP contribution >= 0.6 is 11.8 Å². The number of hydrogen-bond acceptors (Lipinski definition) is 4. The number of aliphatic hydroxyl groups is 1. The first-order valence-corrected chi connectivity index (χ1v) is 6.80. The first-order valence-electron chi connectivity index (χ1n) is 5.81. The lowest BCUT2D eigenvalue weighted by Gasteiger charge is -2.06. The average molecular weight is 260 g/mol. The maximum absolute atomic E-state index is 9.07. The monoisotopic (exact) mass is 260 g/mol. The SMILES string of the molecule is Cc1ccccc1SCc1ncc(CO)c(C)n1. The van der Waals surface area contributed by atoms with Crippen LogP contribution in [0.4, 0.5) is 0 Å². The molecule has 0 aliphatic rings. The molecule has 0 bridgehead atoms. The fourth-order valence-electron chi connectivity index (χ4n) is 1.63. The predicted octanol–water partition coefficient (Wildman–Crippen LogP) is 2.88. The number of aryl methyl sites for hydroxylation is 2. The molecule has 0 spiro atoms. The van der Waals surface area contributed by atoms with Crippen molar-refractivity contribution in [1.29, 1.82) is 0 Å². The van der Waals surface area contributed by atoms with E-state index in [0.717, 1.165) is 22.8 Å². The Morgan fingerprint density at radius 3 is 2.67 bits per heavy atom. The number of hydrogen-bond donors (Lipinski definition) is 1. The Morgan fingerprint density at radius 1 is 1.22 bits per heavy atom. The molecule has 94 valence electrons. The summed E-state index contributed by atoms with van der Waals surface area (Å²) < 4.78 is 0. The van der Waals surface area contributed by atoms with Crippen LogP contribution in [0.2, 0.25) is 0 Å². The van der Waals surface area contributed by atoms with Gasteiger partial charge in [0.1, 0.15) is 5.82 Å². The molecule has 0 amide bonds. The van der Waals surface area contributed by atoms with Gasteiger partial charge in [-0.1, -0.05) is 18.2 Å². The van der Waals surface area contributed by atoms with Crippen LogP contribution in [0, 0.1) is 13.8 Å². The maximum Gasteiger partial charge on any atom is 0.138 e. The van der Waals surface area contributed by atoms with Crippen LogP contribution in [0.15, 0.2) is 35.4 Å². The molecule has 0 saturated carbocycles. The molecule has 0 aliphatic heterocycles. The molecule has 0 radical (unpaired) electrons. The van der Waals surface area contributed by atoms with E-state index in [1.807, 2.05) is 19.1 Å². The minimum atomic E-state index is -0.00293. The lowest BCUT2D eigenvalue weighted by atomic mass is 10.2. The van der Waals surface area contributed by atoms with Gasteiger partial charge in [-0.05, 0) is 25.5 Å². The number of thioether (sulfide) groups is 1. The van der Waals surface area contributed by atoms with Gasteiger partial charge in [-0.25, -0.2) is 9.97 Å².